The Morgan fingerprint density at radius 1 is 0.495 bits per heavy atom. The van der Waals surface area contributed by atoms with Crippen LogP contribution in [0.3, 0.4) is 0 Å². The molecule has 19 nitrogen and oxygen atoms in total. The molecule has 101 heavy (non-hydrogen) atoms. The molecule has 524 valence electrons. The molecule has 2 heterocycles. The second kappa shape index (κ2) is 31.9. The van der Waals surface area contributed by atoms with Gasteiger partial charge in [0.2, 0.25) is 17.7 Å². The molecule has 2 aliphatic heterocycles. The highest BCUT2D eigenvalue weighted by Crippen LogP contribution is 2.46. The SMILES string of the molecule is Cc1cc(NC(=O)[C@@H](N)CC(=O)OC(C)(C)C)ccc1Cl.Cc1cc(NC(=O)[C@H](CC(=O)OC(C)(C)C)NC(=O)[C@@H]2Cc3ccccc3CN2C(=O)OCC2c3ccccc3-c3ccccc32)ccc1Cl.O=C(O)[C@@H]1Cc2ccccc2CN1C(=O)OCC1c2ccccc2-c2ccccc21. The van der Waals surface area contributed by atoms with E-state index in [4.69, 9.17) is 47.9 Å². The molecule has 12 rings (SSSR count). The lowest BCUT2D eigenvalue weighted by molar-refractivity contribution is -0.157. The Kier molecular flexibility index (Phi) is 23.2. The van der Waals surface area contributed by atoms with Crippen LogP contribution in [0.15, 0.2) is 182 Å². The van der Waals surface area contributed by atoms with Crippen LogP contribution in [0.25, 0.3) is 22.3 Å². The summed E-state index contributed by atoms with van der Waals surface area (Å²) < 4.78 is 22.3. The molecule has 4 atom stereocenters. The normalized spacial score (nSPS) is 15.4. The number of ether oxygens (including phenoxy) is 4. The number of carboxylic acids is 1. The van der Waals surface area contributed by atoms with Crippen LogP contribution in [-0.2, 0) is 73.6 Å². The molecule has 0 spiro atoms. The van der Waals surface area contributed by atoms with E-state index in [9.17, 15) is 43.5 Å². The summed E-state index contributed by atoms with van der Waals surface area (Å²) >= 11 is 12.1. The van der Waals surface area contributed by atoms with Crippen LogP contribution in [0.4, 0.5) is 21.0 Å². The van der Waals surface area contributed by atoms with E-state index >= 15 is 0 Å². The van der Waals surface area contributed by atoms with E-state index in [1.807, 2.05) is 116 Å². The summed E-state index contributed by atoms with van der Waals surface area (Å²) in [5.41, 5.74) is 19.6. The van der Waals surface area contributed by atoms with Crippen molar-refractivity contribution >= 4 is 82.4 Å². The number of anilines is 2. The molecule has 2 aliphatic carbocycles. The maximum atomic E-state index is 14.1. The van der Waals surface area contributed by atoms with Crippen LogP contribution in [0, 0.1) is 13.8 Å². The summed E-state index contributed by atoms with van der Waals surface area (Å²) in [7, 11) is 0. The van der Waals surface area contributed by atoms with Gasteiger partial charge in [-0.15, -0.1) is 0 Å². The van der Waals surface area contributed by atoms with Gasteiger partial charge in [-0.2, -0.15) is 0 Å². The zero-order chi connectivity index (χ0) is 72.4. The zero-order valence-electron chi connectivity index (χ0n) is 57.5. The number of carboxylic acid groups (broad SMARTS) is 1. The lowest BCUT2D eigenvalue weighted by Gasteiger charge is -2.36. The van der Waals surface area contributed by atoms with Crippen molar-refractivity contribution in [2.45, 2.75) is 141 Å². The molecule has 0 unspecified atom stereocenters. The number of esters is 2. The topological polar surface area (TPSA) is 262 Å². The van der Waals surface area contributed by atoms with E-state index in [1.54, 1.807) is 84.9 Å². The van der Waals surface area contributed by atoms with Gasteiger partial charge in [0.05, 0.1) is 32.0 Å². The number of fused-ring (bicyclic) bond motifs is 8. The van der Waals surface area contributed by atoms with Gasteiger partial charge in [0.15, 0.2) is 0 Å². The van der Waals surface area contributed by atoms with Gasteiger partial charge < -0.3 is 45.7 Å². The number of hydrogen-bond acceptors (Lipinski definition) is 13. The van der Waals surface area contributed by atoms with Gasteiger partial charge in [-0.3, -0.25) is 33.8 Å². The summed E-state index contributed by atoms with van der Waals surface area (Å²) in [6.07, 6.45) is -1.34. The number of rotatable bonds is 15. The predicted molar refractivity (Wildman–Crippen MR) is 387 cm³/mol. The molecule has 0 fully saturated rings. The summed E-state index contributed by atoms with van der Waals surface area (Å²) in [6.45, 7) is 14.7. The Bertz CT molecular complexity index is 4360. The van der Waals surface area contributed by atoms with Gasteiger partial charge in [-0.25, -0.2) is 14.4 Å². The molecule has 4 aliphatic rings. The second-order valence-electron chi connectivity index (χ2n) is 27.3. The van der Waals surface area contributed by atoms with Gasteiger partial charge in [0.25, 0.3) is 0 Å². The number of benzene rings is 8. The van der Waals surface area contributed by atoms with Crippen LogP contribution in [0.1, 0.15) is 122 Å². The summed E-state index contributed by atoms with van der Waals surface area (Å²) in [5, 5.41) is 19.0. The zero-order valence-corrected chi connectivity index (χ0v) is 59.0. The lowest BCUT2D eigenvalue weighted by Crippen LogP contribution is -2.56. The Hall–Kier alpha value is -10.3. The van der Waals surface area contributed by atoms with Crippen LogP contribution in [0.2, 0.25) is 10.0 Å². The lowest BCUT2D eigenvalue weighted by atomic mass is 9.93. The van der Waals surface area contributed by atoms with Crippen molar-refractivity contribution in [3.8, 4) is 22.3 Å². The molecule has 8 aromatic carbocycles. The summed E-state index contributed by atoms with van der Waals surface area (Å²) in [6, 6.07) is 53.5. The van der Waals surface area contributed by atoms with Crippen molar-refractivity contribution in [2.24, 2.45) is 5.73 Å². The van der Waals surface area contributed by atoms with E-state index in [0.29, 0.717) is 21.4 Å². The van der Waals surface area contributed by atoms with E-state index in [1.165, 1.54) is 9.80 Å². The van der Waals surface area contributed by atoms with Crippen LogP contribution < -0.4 is 21.7 Å². The smallest absolute Gasteiger partial charge is 0.410 e. The fraction of sp³-hybridized carbons (Fsp3) is 0.300. The predicted octanol–water partition coefficient (Wildman–Crippen LogP) is 14.3. The Balaban J connectivity index is 0.000000182. The van der Waals surface area contributed by atoms with Gasteiger partial charge in [0, 0.05) is 46.1 Å². The summed E-state index contributed by atoms with van der Waals surface area (Å²) in [5.74, 6) is -4.04. The number of aryl methyl sites for hydroxylation is 2. The van der Waals surface area contributed by atoms with Crippen LogP contribution in [-0.4, -0.2) is 111 Å². The highest BCUT2D eigenvalue weighted by Gasteiger charge is 2.41. The Morgan fingerprint density at radius 2 is 0.851 bits per heavy atom. The third-order valence-corrected chi connectivity index (χ3v) is 18.5. The Labute approximate surface area is 597 Å². The second-order valence-corrected chi connectivity index (χ2v) is 28.1. The molecular weight excluding hydrogens is 1320 g/mol. The molecule has 0 saturated carbocycles. The third kappa shape index (κ3) is 18.4. The number of halogens is 2. The minimum Gasteiger partial charge on any atom is -0.480 e. The van der Waals surface area contributed by atoms with E-state index in [2.05, 4.69) is 52.3 Å². The third-order valence-electron chi connectivity index (χ3n) is 17.6. The molecule has 8 aromatic rings. The molecular formula is C80H82Cl2N6O13. The molecule has 0 aromatic heterocycles. The first-order valence-corrected chi connectivity index (χ1v) is 34.1. The van der Waals surface area contributed by atoms with Crippen molar-refractivity contribution in [3.63, 3.8) is 0 Å². The molecule has 5 amide bonds. The van der Waals surface area contributed by atoms with Crippen LogP contribution >= 0.6 is 23.2 Å². The average Bonchev–Trinajstić information content (AvgIpc) is 1.65. The Morgan fingerprint density at radius 3 is 1.25 bits per heavy atom. The van der Waals surface area contributed by atoms with Crippen molar-refractivity contribution in [1.29, 1.82) is 0 Å². The first-order valence-electron chi connectivity index (χ1n) is 33.3. The molecule has 6 N–H and O–H groups in total. The fourth-order valence-corrected chi connectivity index (χ4v) is 13.1. The molecule has 0 saturated heterocycles. The highest BCUT2D eigenvalue weighted by atomic mass is 35.5. The van der Waals surface area contributed by atoms with Gasteiger partial charge in [-0.1, -0.05) is 169 Å². The number of nitrogens with zero attached hydrogens (tertiary/aromatic N) is 2. The van der Waals surface area contributed by atoms with Gasteiger partial charge in [0.1, 0.15) is 42.5 Å². The highest BCUT2D eigenvalue weighted by molar-refractivity contribution is 6.31. The molecule has 21 heteroatoms. The quantitative estimate of drug-likeness (QED) is 0.0472. The monoisotopic (exact) mass is 1400 g/mol. The maximum absolute atomic E-state index is 14.1. The van der Waals surface area contributed by atoms with Gasteiger partial charge >= 0.3 is 30.1 Å². The van der Waals surface area contributed by atoms with Crippen molar-refractivity contribution < 1.29 is 62.4 Å². The van der Waals surface area contributed by atoms with E-state index < -0.39 is 89.6 Å². The standard InChI is InChI=1S/C40H40ClN3O6.C25H21NO4.C15H21ClN2O3/c1-24-19-27(17-18-33(24)41)42-37(46)34(21-36(45)50-40(2,3)4)43-38(47)35-20-25-11-5-6-12-26(25)22-44(35)39(48)49-23-32-30-15-9-7-13-28(30)29-14-8-10-16-31(29)32;27-24(28)23-13-16-7-1-2-8-17(16)14-26(23)25(29)30-15-22-20-11-5-3-9-18(20)19-10-4-6-12-21(19)22;1-9-7-10(5-6-11(9)16)18-14(20)12(17)8-13(19)21-15(2,3)4/h5-19,32,34-35H,20-23H2,1-4H3,(H,42,46)(H,43,47);1-12,22-23H,13-15H2,(H,27,28);5-7,12H,8,17H2,1-4H3,(H,18,20)/t34-,35-;23-;12-/m000/s1. The van der Waals surface area contributed by atoms with Crippen molar-refractivity contribution in [2.75, 3.05) is 23.8 Å². The largest absolute Gasteiger partial charge is 0.480 e. The molecule has 0 bridgehead atoms. The van der Waals surface area contributed by atoms with Gasteiger partial charge in [-0.05, 0) is 170 Å². The number of nitrogens with one attached hydrogen (secondary N) is 3. The van der Waals surface area contributed by atoms with Crippen molar-refractivity contribution in [3.05, 3.63) is 248 Å². The minimum absolute atomic E-state index is 0.0540. The number of aliphatic carboxylic acids is 1. The number of amides is 5. The first-order chi connectivity index (χ1) is 48.1. The van der Waals surface area contributed by atoms with Crippen molar-refractivity contribution in [1.82, 2.24) is 15.1 Å². The number of carbonyl (C=O) groups excluding carboxylic acids is 7. The molecule has 0 radical (unpaired) electrons. The van der Waals surface area contributed by atoms with E-state index in [0.717, 1.165) is 77.9 Å². The van der Waals surface area contributed by atoms with E-state index in [-0.39, 0.29) is 57.4 Å². The van der Waals surface area contributed by atoms with Crippen LogP contribution in [0.5, 0.6) is 0 Å². The first kappa shape index (κ1) is 73.4. The number of hydrogen-bond donors (Lipinski definition) is 5. The average molecular weight is 1410 g/mol. The number of carbonyl (C=O) groups is 8. The maximum Gasteiger partial charge on any atom is 0.410 e. The minimum atomic E-state index is -1.30. The summed E-state index contributed by atoms with van der Waals surface area (Å²) in [4.78, 5) is 106. The number of nitrogens with two attached hydrogens (primary N) is 1. The fourth-order valence-electron chi connectivity index (χ4n) is 12.8.